The van der Waals surface area contributed by atoms with Crippen molar-refractivity contribution in [2.45, 2.75) is 57.4 Å². The SMILES string of the molecule is C[C@H](NC(=O)C(c1ccccc1)c1ccccc1)C12CC3CC(CC(C3)C1)C2. The third-order valence-corrected chi connectivity index (χ3v) is 7.89. The van der Waals surface area contributed by atoms with E-state index in [1.165, 1.54) is 38.5 Å². The van der Waals surface area contributed by atoms with E-state index in [2.05, 4.69) is 36.5 Å². The molecule has 0 radical (unpaired) electrons. The van der Waals surface area contributed by atoms with Crippen LogP contribution in [0.15, 0.2) is 60.7 Å². The fourth-order valence-corrected chi connectivity index (χ4v) is 6.94. The highest BCUT2D eigenvalue weighted by Gasteiger charge is 2.53. The molecule has 0 heterocycles. The molecular weight excluding hydrogens is 342 g/mol. The quantitative estimate of drug-likeness (QED) is 0.732. The van der Waals surface area contributed by atoms with Gasteiger partial charge >= 0.3 is 0 Å². The van der Waals surface area contributed by atoms with Crippen LogP contribution >= 0.6 is 0 Å². The number of nitrogens with one attached hydrogen (secondary N) is 1. The van der Waals surface area contributed by atoms with E-state index in [-0.39, 0.29) is 17.9 Å². The van der Waals surface area contributed by atoms with Gasteiger partial charge in [0.1, 0.15) is 0 Å². The minimum absolute atomic E-state index is 0.153. The van der Waals surface area contributed by atoms with Crippen molar-refractivity contribution in [1.29, 1.82) is 0 Å². The number of carbonyl (C=O) groups is 1. The first kappa shape index (κ1) is 18.0. The van der Waals surface area contributed by atoms with E-state index in [1.807, 2.05) is 36.4 Å². The number of benzene rings is 2. The van der Waals surface area contributed by atoms with Crippen LogP contribution in [0.4, 0.5) is 0 Å². The summed E-state index contributed by atoms with van der Waals surface area (Å²) in [4.78, 5) is 13.5. The first-order valence-corrected chi connectivity index (χ1v) is 11.0. The lowest BCUT2D eigenvalue weighted by Gasteiger charge is -2.59. The van der Waals surface area contributed by atoms with Crippen molar-refractivity contribution >= 4 is 5.91 Å². The molecule has 2 aromatic rings. The normalized spacial score (nSPS) is 31.7. The van der Waals surface area contributed by atoms with Crippen LogP contribution < -0.4 is 5.32 Å². The second-order valence-corrected chi connectivity index (χ2v) is 9.76. The molecule has 1 amide bonds. The van der Waals surface area contributed by atoms with Gasteiger partial charge in [0.2, 0.25) is 5.91 Å². The highest BCUT2D eigenvalue weighted by Crippen LogP contribution is 2.61. The van der Waals surface area contributed by atoms with Gasteiger partial charge < -0.3 is 5.32 Å². The summed E-state index contributed by atoms with van der Waals surface area (Å²) in [5, 5.41) is 3.50. The van der Waals surface area contributed by atoms with Gasteiger partial charge in [-0.25, -0.2) is 0 Å². The predicted octanol–water partition coefficient (Wildman–Crippen LogP) is 5.54. The zero-order valence-corrected chi connectivity index (χ0v) is 16.8. The molecule has 0 aromatic heterocycles. The Balaban J connectivity index is 1.39. The molecule has 6 rings (SSSR count). The molecule has 0 unspecified atom stereocenters. The predicted molar refractivity (Wildman–Crippen MR) is 113 cm³/mol. The second-order valence-electron chi connectivity index (χ2n) is 9.76. The maximum atomic E-state index is 13.5. The van der Waals surface area contributed by atoms with Gasteiger partial charge in [-0.15, -0.1) is 0 Å². The number of rotatable bonds is 5. The van der Waals surface area contributed by atoms with Gasteiger partial charge in [-0.2, -0.15) is 0 Å². The van der Waals surface area contributed by atoms with E-state index < -0.39 is 0 Å². The van der Waals surface area contributed by atoms with Gasteiger partial charge in [0.25, 0.3) is 0 Å². The van der Waals surface area contributed by atoms with Crippen LogP contribution in [-0.4, -0.2) is 11.9 Å². The molecule has 2 aromatic carbocycles. The van der Waals surface area contributed by atoms with E-state index in [9.17, 15) is 4.79 Å². The lowest BCUT2D eigenvalue weighted by molar-refractivity contribution is -0.126. The first-order chi connectivity index (χ1) is 13.6. The van der Waals surface area contributed by atoms with Crippen molar-refractivity contribution in [3.05, 3.63) is 71.8 Å². The summed E-state index contributed by atoms with van der Waals surface area (Å²) < 4.78 is 0. The highest BCUT2D eigenvalue weighted by molar-refractivity contribution is 5.87. The molecule has 2 nitrogen and oxygen atoms in total. The molecule has 4 aliphatic carbocycles. The third kappa shape index (κ3) is 3.17. The highest BCUT2D eigenvalue weighted by atomic mass is 16.2. The molecule has 0 saturated heterocycles. The average Bonchev–Trinajstić information content (AvgIpc) is 2.69. The first-order valence-electron chi connectivity index (χ1n) is 11.0. The van der Waals surface area contributed by atoms with Gasteiger partial charge in [-0.1, -0.05) is 60.7 Å². The maximum absolute atomic E-state index is 13.5. The van der Waals surface area contributed by atoms with Gasteiger partial charge in [0.05, 0.1) is 5.92 Å². The molecule has 2 heteroatoms. The summed E-state index contributed by atoms with van der Waals surface area (Å²) in [6.07, 6.45) is 8.29. The van der Waals surface area contributed by atoms with Gasteiger partial charge in [0.15, 0.2) is 0 Å². The van der Waals surface area contributed by atoms with E-state index in [4.69, 9.17) is 0 Å². The maximum Gasteiger partial charge on any atom is 0.232 e. The monoisotopic (exact) mass is 373 g/mol. The van der Waals surface area contributed by atoms with Crippen LogP contribution in [0, 0.1) is 23.2 Å². The number of carbonyl (C=O) groups excluding carboxylic acids is 1. The summed E-state index contributed by atoms with van der Waals surface area (Å²) in [6, 6.07) is 20.7. The Morgan fingerprint density at radius 1 is 0.821 bits per heavy atom. The molecule has 28 heavy (non-hydrogen) atoms. The summed E-state index contributed by atoms with van der Waals surface area (Å²) in [5.41, 5.74) is 2.48. The number of amides is 1. The molecular formula is C26H31NO. The van der Waals surface area contributed by atoms with Crippen LogP contribution in [-0.2, 0) is 4.79 Å². The van der Waals surface area contributed by atoms with E-state index in [1.54, 1.807) is 0 Å². The molecule has 4 aliphatic rings. The van der Waals surface area contributed by atoms with Crippen LogP contribution in [0.3, 0.4) is 0 Å². The van der Waals surface area contributed by atoms with Crippen molar-refractivity contribution < 1.29 is 4.79 Å². The van der Waals surface area contributed by atoms with E-state index in [0.29, 0.717) is 5.41 Å². The average molecular weight is 374 g/mol. The summed E-state index contributed by atoms with van der Waals surface area (Å²) in [6.45, 7) is 2.28. The Labute approximate surface area is 168 Å². The van der Waals surface area contributed by atoms with E-state index >= 15 is 0 Å². The third-order valence-electron chi connectivity index (χ3n) is 7.89. The zero-order chi connectivity index (χ0) is 19.1. The van der Waals surface area contributed by atoms with Crippen LogP contribution in [0.25, 0.3) is 0 Å². The molecule has 4 bridgehead atoms. The Bertz CT molecular complexity index is 753. The van der Waals surface area contributed by atoms with Gasteiger partial charge in [-0.3, -0.25) is 4.79 Å². The topological polar surface area (TPSA) is 29.1 Å². The van der Waals surface area contributed by atoms with E-state index in [0.717, 1.165) is 28.9 Å². The van der Waals surface area contributed by atoms with Crippen molar-refractivity contribution in [3.8, 4) is 0 Å². The fraction of sp³-hybridized carbons (Fsp3) is 0.500. The lowest BCUT2D eigenvalue weighted by atomic mass is 9.48. The minimum Gasteiger partial charge on any atom is -0.352 e. The molecule has 146 valence electrons. The Hall–Kier alpha value is -2.09. The lowest BCUT2D eigenvalue weighted by Crippen LogP contribution is -2.56. The number of hydrogen-bond donors (Lipinski definition) is 1. The Morgan fingerprint density at radius 3 is 1.68 bits per heavy atom. The van der Waals surface area contributed by atoms with Crippen molar-refractivity contribution in [2.24, 2.45) is 23.2 Å². The molecule has 4 fully saturated rings. The summed E-state index contributed by atoms with van der Waals surface area (Å²) >= 11 is 0. The minimum atomic E-state index is -0.237. The summed E-state index contributed by atoms with van der Waals surface area (Å²) in [5.74, 6) is 2.64. The smallest absolute Gasteiger partial charge is 0.232 e. The molecule has 0 spiro atoms. The molecule has 1 atom stereocenters. The Kier molecular flexibility index (Phi) is 4.53. The van der Waals surface area contributed by atoms with Crippen LogP contribution in [0.1, 0.15) is 62.5 Å². The van der Waals surface area contributed by atoms with Gasteiger partial charge in [-0.05, 0) is 79.7 Å². The van der Waals surface area contributed by atoms with Gasteiger partial charge in [0, 0.05) is 6.04 Å². The molecule has 1 N–H and O–H groups in total. The van der Waals surface area contributed by atoms with Crippen molar-refractivity contribution in [3.63, 3.8) is 0 Å². The van der Waals surface area contributed by atoms with Crippen LogP contribution in [0.2, 0.25) is 0 Å². The molecule has 4 saturated carbocycles. The summed E-state index contributed by atoms with van der Waals surface area (Å²) in [7, 11) is 0. The second kappa shape index (κ2) is 7.06. The Morgan fingerprint density at radius 2 is 1.25 bits per heavy atom. The number of hydrogen-bond acceptors (Lipinski definition) is 1. The molecule has 0 aliphatic heterocycles. The van der Waals surface area contributed by atoms with Crippen molar-refractivity contribution in [1.82, 2.24) is 5.32 Å². The van der Waals surface area contributed by atoms with Crippen LogP contribution in [0.5, 0.6) is 0 Å². The fourth-order valence-electron chi connectivity index (χ4n) is 6.94. The largest absolute Gasteiger partial charge is 0.352 e. The standard InChI is InChI=1S/C26H31NO/c1-18(26-15-19-12-20(16-26)14-21(13-19)17-26)27-25(28)24(22-8-4-2-5-9-22)23-10-6-3-7-11-23/h2-11,18-21,24H,12-17H2,1H3,(H,27,28)/t18-,19?,20?,21?,26?/m0/s1. The zero-order valence-electron chi connectivity index (χ0n) is 16.8. The van der Waals surface area contributed by atoms with Crippen molar-refractivity contribution in [2.75, 3.05) is 0 Å².